The Balaban J connectivity index is 2.56. The lowest BCUT2D eigenvalue weighted by Gasteiger charge is -2.25. The van der Waals surface area contributed by atoms with Gasteiger partial charge in [0.2, 0.25) is 0 Å². The molecular weight excluding hydrogens is 316 g/mol. The molecule has 0 aliphatic rings. The summed E-state index contributed by atoms with van der Waals surface area (Å²) in [5.74, 6) is -0.291. The van der Waals surface area contributed by atoms with Crippen molar-refractivity contribution in [3.05, 3.63) is 35.4 Å². The molecule has 1 unspecified atom stereocenters. The zero-order chi connectivity index (χ0) is 18.3. The van der Waals surface area contributed by atoms with E-state index in [0.29, 0.717) is 11.5 Å². The predicted octanol–water partition coefficient (Wildman–Crippen LogP) is -0.207. The first-order valence-corrected chi connectivity index (χ1v) is 7.92. The number of aliphatic hydroxyl groups is 5. The van der Waals surface area contributed by atoms with Crippen LogP contribution in [0.25, 0.3) is 0 Å². The summed E-state index contributed by atoms with van der Waals surface area (Å²) < 4.78 is 4.90. The van der Waals surface area contributed by atoms with Crippen molar-refractivity contribution in [1.82, 2.24) is 0 Å². The van der Waals surface area contributed by atoms with Gasteiger partial charge in [0.05, 0.1) is 12.2 Å². The van der Waals surface area contributed by atoms with Gasteiger partial charge in [0.15, 0.2) is 0 Å². The average molecular weight is 342 g/mol. The van der Waals surface area contributed by atoms with Gasteiger partial charge in [-0.25, -0.2) is 4.79 Å². The molecule has 0 heterocycles. The summed E-state index contributed by atoms with van der Waals surface area (Å²) in [7, 11) is 0. The van der Waals surface area contributed by atoms with Crippen molar-refractivity contribution in [3.63, 3.8) is 0 Å². The van der Waals surface area contributed by atoms with Crippen LogP contribution < -0.4 is 0 Å². The van der Waals surface area contributed by atoms with Crippen molar-refractivity contribution < 1.29 is 35.1 Å². The Morgan fingerprint density at radius 2 is 1.58 bits per heavy atom. The number of hydrogen-bond acceptors (Lipinski definition) is 7. The van der Waals surface area contributed by atoms with Crippen molar-refractivity contribution in [2.75, 3.05) is 13.2 Å². The van der Waals surface area contributed by atoms with E-state index >= 15 is 0 Å². The number of rotatable bonds is 9. The van der Waals surface area contributed by atoms with Gasteiger partial charge in [-0.2, -0.15) is 0 Å². The van der Waals surface area contributed by atoms with Gasteiger partial charge in [-0.05, 0) is 30.0 Å². The highest BCUT2D eigenvalue weighted by Gasteiger charge is 2.30. The minimum Gasteiger partial charge on any atom is -0.459 e. The van der Waals surface area contributed by atoms with Crippen LogP contribution in [0.4, 0.5) is 0 Å². The lowest BCUT2D eigenvalue weighted by Crippen LogP contribution is -2.47. The van der Waals surface area contributed by atoms with Crippen LogP contribution in [-0.4, -0.2) is 69.1 Å². The highest BCUT2D eigenvalue weighted by atomic mass is 16.5. The van der Waals surface area contributed by atoms with Gasteiger partial charge in [-0.1, -0.05) is 26.0 Å². The number of carbonyl (C=O) groups excluding carboxylic acids is 1. The van der Waals surface area contributed by atoms with Gasteiger partial charge >= 0.3 is 5.97 Å². The predicted molar refractivity (Wildman–Crippen MR) is 86.5 cm³/mol. The van der Waals surface area contributed by atoms with Crippen LogP contribution in [0.15, 0.2) is 24.3 Å². The average Bonchev–Trinajstić information content (AvgIpc) is 2.63. The van der Waals surface area contributed by atoms with Crippen LogP contribution in [0.5, 0.6) is 0 Å². The highest BCUT2D eigenvalue weighted by molar-refractivity contribution is 5.89. The molecule has 7 heteroatoms. The normalized spacial score (nSPS) is 17.6. The van der Waals surface area contributed by atoms with Crippen LogP contribution in [-0.2, 0) is 4.74 Å². The summed E-state index contributed by atoms with van der Waals surface area (Å²) >= 11 is 0. The molecular formula is C17H26O7. The summed E-state index contributed by atoms with van der Waals surface area (Å²) in [5, 5.41) is 46.7. The third-order valence-corrected chi connectivity index (χ3v) is 4.04. The first-order valence-electron chi connectivity index (χ1n) is 7.92. The van der Waals surface area contributed by atoms with Crippen molar-refractivity contribution in [2.45, 2.75) is 50.6 Å². The van der Waals surface area contributed by atoms with Crippen molar-refractivity contribution in [3.8, 4) is 0 Å². The van der Waals surface area contributed by atoms with Crippen LogP contribution in [0, 0.1) is 0 Å². The summed E-state index contributed by atoms with van der Waals surface area (Å²) in [5.41, 5.74) is 1.41. The largest absolute Gasteiger partial charge is 0.459 e. The quantitative estimate of drug-likeness (QED) is 0.393. The van der Waals surface area contributed by atoms with Crippen molar-refractivity contribution >= 4 is 5.97 Å². The van der Waals surface area contributed by atoms with Gasteiger partial charge in [-0.3, -0.25) is 0 Å². The third kappa shape index (κ3) is 5.54. The van der Waals surface area contributed by atoms with Crippen LogP contribution >= 0.6 is 0 Å². The molecule has 0 aliphatic carbocycles. The van der Waals surface area contributed by atoms with E-state index < -0.39 is 43.6 Å². The lowest BCUT2D eigenvalue weighted by molar-refractivity contribution is -0.124. The SMILES string of the molecule is CCC(C)c1ccc(C(=O)OC[C@@H](O)[C@@H](O)[C@H](O)[C@@H](O)CO)cc1. The summed E-state index contributed by atoms with van der Waals surface area (Å²) in [6, 6.07) is 6.91. The summed E-state index contributed by atoms with van der Waals surface area (Å²) in [6.45, 7) is 2.83. The second-order valence-electron chi connectivity index (χ2n) is 5.83. The molecule has 0 aliphatic heterocycles. The highest BCUT2D eigenvalue weighted by Crippen LogP contribution is 2.19. The zero-order valence-electron chi connectivity index (χ0n) is 13.9. The molecule has 0 bridgehead atoms. The number of ether oxygens (including phenoxy) is 1. The first-order chi connectivity index (χ1) is 11.3. The van der Waals surface area contributed by atoms with Crippen molar-refractivity contribution in [1.29, 1.82) is 0 Å². The number of hydrogen-bond donors (Lipinski definition) is 5. The van der Waals surface area contributed by atoms with Crippen molar-refractivity contribution in [2.24, 2.45) is 0 Å². The Hall–Kier alpha value is -1.51. The first kappa shape index (κ1) is 20.5. The fourth-order valence-electron chi connectivity index (χ4n) is 2.09. The Labute approximate surface area is 141 Å². The summed E-state index contributed by atoms with van der Waals surface area (Å²) in [4.78, 5) is 11.9. The van der Waals surface area contributed by atoms with E-state index in [1.165, 1.54) is 0 Å². The molecule has 0 spiro atoms. The van der Waals surface area contributed by atoms with Gasteiger partial charge in [-0.15, -0.1) is 0 Å². The number of carbonyl (C=O) groups is 1. The Kier molecular flexibility index (Phi) is 8.30. The van der Waals surface area contributed by atoms with Gasteiger partial charge in [0.25, 0.3) is 0 Å². The Bertz CT molecular complexity index is 502. The van der Waals surface area contributed by atoms with E-state index in [0.717, 1.165) is 12.0 Å². The molecule has 1 rings (SSSR count). The summed E-state index contributed by atoms with van der Waals surface area (Å²) in [6.07, 6.45) is -5.72. The topological polar surface area (TPSA) is 127 Å². The smallest absolute Gasteiger partial charge is 0.338 e. The molecule has 0 saturated carbocycles. The molecule has 7 nitrogen and oxygen atoms in total. The Morgan fingerprint density at radius 3 is 2.08 bits per heavy atom. The number of benzene rings is 1. The van der Waals surface area contributed by atoms with E-state index in [2.05, 4.69) is 13.8 Å². The second kappa shape index (κ2) is 9.71. The fraction of sp³-hybridized carbons (Fsp3) is 0.588. The van der Waals surface area contributed by atoms with Gasteiger partial charge in [0.1, 0.15) is 31.0 Å². The standard InChI is InChI=1S/C17H26O7/c1-3-10(2)11-4-6-12(7-5-11)17(23)24-9-14(20)16(22)15(21)13(19)8-18/h4-7,10,13-16,18-22H,3,8-9H2,1-2H3/t10?,13-,14+,15+,16+/m0/s1. The molecule has 1 aromatic carbocycles. The van der Waals surface area contributed by atoms with Crippen LogP contribution in [0.1, 0.15) is 42.1 Å². The maximum atomic E-state index is 11.9. The van der Waals surface area contributed by atoms with E-state index in [1.807, 2.05) is 12.1 Å². The molecule has 5 N–H and O–H groups in total. The fourth-order valence-corrected chi connectivity index (χ4v) is 2.09. The van der Waals surface area contributed by atoms with E-state index in [1.54, 1.807) is 12.1 Å². The lowest BCUT2D eigenvalue weighted by atomic mass is 9.98. The number of esters is 1. The molecule has 0 saturated heterocycles. The molecule has 0 aromatic heterocycles. The van der Waals surface area contributed by atoms with E-state index in [4.69, 9.17) is 9.84 Å². The minimum absolute atomic E-state index is 0.305. The minimum atomic E-state index is -1.76. The third-order valence-electron chi connectivity index (χ3n) is 4.04. The van der Waals surface area contributed by atoms with E-state index in [-0.39, 0.29) is 0 Å². The molecule has 5 atom stereocenters. The molecule has 136 valence electrons. The monoisotopic (exact) mass is 342 g/mol. The second-order valence-corrected chi connectivity index (χ2v) is 5.83. The van der Waals surface area contributed by atoms with Crippen LogP contribution in [0.2, 0.25) is 0 Å². The van der Waals surface area contributed by atoms with Gasteiger partial charge < -0.3 is 30.3 Å². The molecule has 0 fully saturated rings. The zero-order valence-corrected chi connectivity index (χ0v) is 13.9. The van der Waals surface area contributed by atoms with E-state index in [9.17, 15) is 25.2 Å². The Morgan fingerprint density at radius 1 is 1.04 bits per heavy atom. The maximum Gasteiger partial charge on any atom is 0.338 e. The molecule has 0 radical (unpaired) electrons. The van der Waals surface area contributed by atoms with Gasteiger partial charge in [0, 0.05) is 0 Å². The molecule has 1 aromatic rings. The molecule has 24 heavy (non-hydrogen) atoms. The molecule has 0 amide bonds. The maximum absolute atomic E-state index is 11.9. The number of aliphatic hydroxyl groups excluding tert-OH is 5. The van der Waals surface area contributed by atoms with Crippen LogP contribution in [0.3, 0.4) is 0 Å².